The zero-order chi connectivity index (χ0) is 35.8. The molecule has 0 aromatic heterocycles. The standard InChI is InChI=1S/C35H57N3O7S/c1-16-44-31(41)23(4)21-26(22(2)3)37(12)30(40)27(35(10,11)46-15)36-29(39)28(38(13)32(42)45-33(5,6)7)34(8,9)24-17-19-25(43-14)20-18-24/h17-22,26-28H,16H2,1-15H3,(H,36,39)/t26-,27-,28-/m1/s1. The van der Waals surface area contributed by atoms with E-state index in [1.165, 1.54) is 23.7 Å². The number of esters is 1. The third kappa shape index (κ3) is 10.7. The second kappa shape index (κ2) is 16.6. The van der Waals surface area contributed by atoms with Crippen LogP contribution in [0, 0.1) is 5.92 Å². The summed E-state index contributed by atoms with van der Waals surface area (Å²) < 4.78 is 15.4. The first-order valence-electron chi connectivity index (χ1n) is 15.6. The summed E-state index contributed by atoms with van der Waals surface area (Å²) in [5.41, 5.74) is -0.539. The van der Waals surface area contributed by atoms with E-state index in [1.807, 2.05) is 59.9 Å². The number of rotatable bonds is 14. The van der Waals surface area contributed by atoms with Gasteiger partial charge >= 0.3 is 12.1 Å². The Labute approximate surface area is 281 Å². The smallest absolute Gasteiger partial charge is 0.410 e. The summed E-state index contributed by atoms with van der Waals surface area (Å²) in [6.45, 7) is 20.4. The zero-order valence-electron chi connectivity index (χ0n) is 30.6. The lowest BCUT2D eigenvalue weighted by Gasteiger charge is -2.43. The minimum atomic E-state index is -1.07. The van der Waals surface area contributed by atoms with E-state index in [1.54, 1.807) is 71.9 Å². The van der Waals surface area contributed by atoms with Gasteiger partial charge in [-0.05, 0) is 78.3 Å². The number of thioether (sulfide) groups is 1. The van der Waals surface area contributed by atoms with Crippen LogP contribution in [0.5, 0.6) is 5.75 Å². The summed E-state index contributed by atoms with van der Waals surface area (Å²) in [5, 5.41) is 3.04. The number of nitrogens with zero attached hydrogens (tertiary/aromatic N) is 2. The SMILES string of the molecule is CCOC(=O)C(C)=C[C@H](C(C)C)N(C)C(=O)[C@@H](NC(=O)[C@@H](N(C)C(=O)OC(C)(C)C)C(C)(C)c1ccc(OC)cc1)C(C)(C)SC. The van der Waals surface area contributed by atoms with E-state index in [2.05, 4.69) is 5.32 Å². The van der Waals surface area contributed by atoms with Gasteiger partial charge in [-0.25, -0.2) is 9.59 Å². The number of carbonyl (C=O) groups is 4. The van der Waals surface area contributed by atoms with Crippen molar-refractivity contribution in [3.05, 3.63) is 41.5 Å². The first-order valence-corrected chi connectivity index (χ1v) is 16.9. The Morgan fingerprint density at radius 3 is 1.93 bits per heavy atom. The Morgan fingerprint density at radius 1 is 0.957 bits per heavy atom. The minimum Gasteiger partial charge on any atom is -0.497 e. The Morgan fingerprint density at radius 2 is 1.50 bits per heavy atom. The summed E-state index contributed by atoms with van der Waals surface area (Å²) in [6, 6.07) is 4.81. The molecule has 1 aromatic carbocycles. The summed E-state index contributed by atoms with van der Waals surface area (Å²) in [5.74, 6) is -0.685. The highest BCUT2D eigenvalue weighted by atomic mass is 32.2. The monoisotopic (exact) mass is 663 g/mol. The number of methoxy groups -OCH3 is 1. The molecule has 1 rings (SSSR count). The van der Waals surface area contributed by atoms with Gasteiger partial charge in [-0.2, -0.15) is 11.8 Å². The van der Waals surface area contributed by atoms with E-state index >= 15 is 0 Å². The highest BCUT2D eigenvalue weighted by molar-refractivity contribution is 8.00. The molecule has 10 nitrogen and oxygen atoms in total. The van der Waals surface area contributed by atoms with Gasteiger partial charge in [0.2, 0.25) is 11.8 Å². The van der Waals surface area contributed by atoms with Crippen molar-refractivity contribution in [3.63, 3.8) is 0 Å². The molecule has 3 amide bonds. The Hall–Kier alpha value is -3.21. The number of carbonyl (C=O) groups excluding carboxylic acids is 4. The fraction of sp³-hybridized carbons (Fsp3) is 0.657. The molecule has 0 bridgehead atoms. The molecule has 0 unspecified atom stereocenters. The van der Waals surface area contributed by atoms with Crippen molar-refractivity contribution < 1.29 is 33.4 Å². The Bertz CT molecular complexity index is 1240. The molecule has 0 radical (unpaired) electrons. The van der Waals surface area contributed by atoms with Crippen LogP contribution in [0.25, 0.3) is 0 Å². The number of ether oxygens (including phenoxy) is 3. The zero-order valence-corrected chi connectivity index (χ0v) is 31.4. The van der Waals surface area contributed by atoms with Crippen LogP contribution in [0.1, 0.15) is 81.7 Å². The van der Waals surface area contributed by atoms with Gasteiger partial charge in [-0.1, -0.05) is 45.9 Å². The molecule has 1 aromatic rings. The molecule has 1 N–H and O–H groups in total. The van der Waals surface area contributed by atoms with Crippen molar-refractivity contribution >= 4 is 35.6 Å². The van der Waals surface area contributed by atoms with E-state index < -0.39 is 51.9 Å². The van der Waals surface area contributed by atoms with E-state index in [0.29, 0.717) is 11.3 Å². The molecule has 0 aliphatic carbocycles. The quantitative estimate of drug-likeness (QED) is 0.196. The fourth-order valence-corrected chi connectivity index (χ4v) is 5.54. The lowest BCUT2D eigenvalue weighted by atomic mass is 9.76. The van der Waals surface area contributed by atoms with Gasteiger partial charge in [0.05, 0.1) is 19.8 Å². The van der Waals surface area contributed by atoms with Crippen LogP contribution in [0.4, 0.5) is 4.79 Å². The van der Waals surface area contributed by atoms with Crippen molar-refractivity contribution in [2.24, 2.45) is 5.92 Å². The lowest BCUT2D eigenvalue weighted by Crippen LogP contribution is -2.64. The summed E-state index contributed by atoms with van der Waals surface area (Å²) in [6.07, 6.45) is 2.94. The van der Waals surface area contributed by atoms with Crippen molar-refractivity contribution in [1.29, 1.82) is 0 Å². The van der Waals surface area contributed by atoms with Gasteiger partial charge in [0.15, 0.2) is 0 Å². The van der Waals surface area contributed by atoms with Crippen molar-refractivity contribution in [3.8, 4) is 5.75 Å². The van der Waals surface area contributed by atoms with Crippen LogP contribution in [-0.4, -0.2) is 96.2 Å². The molecule has 46 heavy (non-hydrogen) atoms. The minimum absolute atomic E-state index is 0.0490. The van der Waals surface area contributed by atoms with Gasteiger partial charge in [-0.15, -0.1) is 0 Å². The molecule has 0 aliphatic heterocycles. The second-order valence-electron chi connectivity index (χ2n) is 13.9. The van der Waals surface area contributed by atoms with E-state index in [0.717, 1.165) is 5.56 Å². The normalized spacial score (nSPS) is 14.6. The predicted molar refractivity (Wildman–Crippen MR) is 185 cm³/mol. The molecule has 11 heteroatoms. The van der Waals surface area contributed by atoms with Crippen LogP contribution in [-0.2, 0) is 29.3 Å². The van der Waals surface area contributed by atoms with Crippen molar-refractivity contribution in [2.45, 2.75) is 110 Å². The highest BCUT2D eigenvalue weighted by Gasteiger charge is 2.46. The first-order chi connectivity index (χ1) is 21.0. The number of likely N-dealkylation sites (N-methyl/N-ethyl adjacent to an activating group) is 2. The van der Waals surface area contributed by atoms with Crippen LogP contribution in [0.15, 0.2) is 35.9 Å². The highest BCUT2D eigenvalue weighted by Crippen LogP contribution is 2.34. The maximum atomic E-state index is 14.5. The fourth-order valence-electron chi connectivity index (χ4n) is 5.15. The van der Waals surface area contributed by atoms with Gasteiger partial charge in [0.25, 0.3) is 0 Å². The molecular weight excluding hydrogens is 606 g/mol. The Balaban J connectivity index is 3.70. The Kier molecular flexibility index (Phi) is 14.7. The van der Waals surface area contributed by atoms with Gasteiger partial charge in [-0.3, -0.25) is 14.5 Å². The lowest BCUT2D eigenvalue weighted by molar-refractivity contribution is -0.140. The third-order valence-corrected chi connectivity index (χ3v) is 9.37. The summed E-state index contributed by atoms with van der Waals surface area (Å²) >= 11 is 1.44. The molecule has 0 saturated carbocycles. The number of hydrogen-bond acceptors (Lipinski definition) is 8. The van der Waals surface area contributed by atoms with Crippen LogP contribution >= 0.6 is 11.8 Å². The van der Waals surface area contributed by atoms with E-state index in [-0.39, 0.29) is 18.4 Å². The van der Waals surface area contributed by atoms with Crippen molar-refractivity contribution in [1.82, 2.24) is 15.1 Å². The summed E-state index contributed by atoms with van der Waals surface area (Å²) in [7, 11) is 4.78. The van der Waals surface area contributed by atoms with Crippen LogP contribution < -0.4 is 10.1 Å². The maximum Gasteiger partial charge on any atom is 0.410 e. The average molecular weight is 664 g/mol. The molecule has 3 atom stereocenters. The van der Waals surface area contributed by atoms with Gasteiger partial charge in [0.1, 0.15) is 23.4 Å². The molecule has 0 spiro atoms. The summed E-state index contributed by atoms with van der Waals surface area (Å²) in [4.78, 5) is 57.5. The predicted octanol–water partition coefficient (Wildman–Crippen LogP) is 5.83. The maximum absolute atomic E-state index is 14.5. The topological polar surface area (TPSA) is 114 Å². The average Bonchev–Trinajstić information content (AvgIpc) is 2.96. The number of hydrogen-bond donors (Lipinski definition) is 1. The third-order valence-electron chi connectivity index (χ3n) is 8.09. The molecular formula is C35H57N3O7S. The van der Waals surface area contributed by atoms with E-state index in [4.69, 9.17) is 14.2 Å². The van der Waals surface area contributed by atoms with E-state index in [9.17, 15) is 19.2 Å². The number of nitrogens with one attached hydrogen (secondary N) is 1. The molecule has 0 aliphatic rings. The van der Waals surface area contributed by atoms with Crippen LogP contribution in [0.3, 0.4) is 0 Å². The largest absolute Gasteiger partial charge is 0.497 e. The molecule has 0 heterocycles. The molecule has 0 saturated heterocycles. The number of amides is 3. The molecule has 260 valence electrons. The number of benzene rings is 1. The molecule has 0 fully saturated rings. The van der Waals surface area contributed by atoms with Gasteiger partial charge < -0.3 is 24.4 Å². The van der Waals surface area contributed by atoms with Gasteiger partial charge in [0, 0.05) is 29.8 Å². The van der Waals surface area contributed by atoms with Crippen molar-refractivity contribution in [2.75, 3.05) is 34.1 Å². The first kappa shape index (κ1) is 40.8. The second-order valence-corrected chi connectivity index (χ2v) is 15.4. The van der Waals surface area contributed by atoms with Crippen LogP contribution in [0.2, 0.25) is 0 Å².